The van der Waals surface area contributed by atoms with E-state index < -0.39 is 5.97 Å². The highest BCUT2D eigenvalue weighted by atomic mass is 79.9. The molecule has 158 valence electrons. The molecular weight excluding hydrogens is 466 g/mol. The van der Waals surface area contributed by atoms with Crippen LogP contribution < -0.4 is 20.2 Å². The van der Waals surface area contributed by atoms with Crippen LogP contribution in [0.5, 0.6) is 11.5 Å². The van der Waals surface area contributed by atoms with Gasteiger partial charge >= 0.3 is 5.97 Å². The maximum absolute atomic E-state index is 12.5. The lowest BCUT2D eigenvalue weighted by atomic mass is 9.96. The van der Waals surface area contributed by atoms with Crippen LogP contribution in [0.2, 0.25) is 0 Å². The molecule has 8 heteroatoms. The minimum atomic E-state index is -0.461. The van der Waals surface area contributed by atoms with Crippen LogP contribution in [-0.4, -0.2) is 30.4 Å². The number of hydrogen-bond acceptors (Lipinski definition) is 5. The van der Waals surface area contributed by atoms with E-state index in [4.69, 9.17) is 21.7 Å². The smallest absolute Gasteiger partial charge is 0.343 e. The second-order valence-electron chi connectivity index (χ2n) is 6.98. The molecule has 0 radical (unpaired) electrons. The second kappa shape index (κ2) is 11.1. The first-order valence-corrected chi connectivity index (χ1v) is 11.0. The van der Waals surface area contributed by atoms with Gasteiger partial charge in [0.2, 0.25) is 0 Å². The number of carbonyl (C=O) groups is 1. The first-order chi connectivity index (χ1) is 14.5. The van der Waals surface area contributed by atoms with Crippen molar-refractivity contribution in [1.82, 2.24) is 10.7 Å². The van der Waals surface area contributed by atoms with Gasteiger partial charge < -0.3 is 14.8 Å². The van der Waals surface area contributed by atoms with Crippen molar-refractivity contribution in [1.29, 1.82) is 0 Å². The summed E-state index contributed by atoms with van der Waals surface area (Å²) < 4.78 is 11.5. The summed E-state index contributed by atoms with van der Waals surface area (Å²) in [5, 5.41) is 7.99. The Labute approximate surface area is 190 Å². The van der Waals surface area contributed by atoms with Crippen molar-refractivity contribution >= 4 is 45.4 Å². The third kappa shape index (κ3) is 6.53. The Morgan fingerprint density at radius 2 is 1.90 bits per heavy atom. The Balaban J connectivity index is 1.63. The average Bonchev–Trinajstić information content (AvgIpc) is 2.76. The number of thiocarbonyl (C=S) groups is 1. The molecule has 6 nitrogen and oxygen atoms in total. The number of nitrogens with one attached hydrogen (secondary N) is 2. The Morgan fingerprint density at radius 3 is 2.60 bits per heavy atom. The van der Waals surface area contributed by atoms with E-state index in [1.807, 2.05) is 6.07 Å². The number of esters is 1. The fourth-order valence-electron chi connectivity index (χ4n) is 3.22. The number of benzene rings is 2. The normalized spacial score (nSPS) is 14.3. The minimum Gasteiger partial charge on any atom is -0.497 e. The summed E-state index contributed by atoms with van der Waals surface area (Å²) in [5.41, 5.74) is 3.91. The van der Waals surface area contributed by atoms with Crippen LogP contribution in [0.25, 0.3) is 0 Å². The van der Waals surface area contributed by atoms with Crippen molar-refractivity contribution in [2.24, 2.45) is 5.10 Å². The number of rotatable bonds is 6. The summed E-state index contributed by atoms with van der Waals surface area (Å²) in [6.07, 6.45) is 7.58. The summed E-state index contributed by atoms with van der Waals surface area (Å²) in [6, 6.07) is 12.5. The van der Waals surface area contributed by atoms with Gasteiger partial charge in [-0.15, -0.1) is 0 Å². The molecule has 3 rings (SSSR count). The SMILES string of the molecule is COc1ccc(C(=O)Oc2ccc(Br)cc2C=NNC(=S)NC2CCCCC2)cc1. The van der Waals surface area contributed by atoms with Crippen molar-refractivity contribution in [3.05, 3.63) is 58.1 Å². The fourth-order valence-corrected chi connectivity index (χ4v) is 3.82. The van der Waals surface area contributed by atoms with E-state index in [0.717, 1.165) is 17.3 Å². The van der Waals surface area contributed by atoms with Crippen LogP contribution in [0.1, 0.15) is 48.0 Å². The van der Waals surface area contributed by atoms with Gasteiger partial charge in [0, 0.05) is 16.1 Å². The summed E-state index contributed by atoms with van der Waals surface area (Å²) in [4.78, 5) is 12.5. The predicted molar refractivity (Wildman–Crippen MR) is 125 cm³/mol. The highest BCUT2D eigenvalue weighted by Gasteiger charge is 2.14. The molecule has 0 bridgehead atoms. The Morgan fingerprint density at radius 1 is 1.17 bits per heavy atom. The van der Waals surface area contributed by atoms with E-state index >= 15 is 0 Å². The highest BCUT2D eigenvalue weighted by molar-refractivity contribution is 9.10. The van der Waals surface area contributed by atoms with Crippen molar-refractivity contribution in [2.75, 3.05) is 7.11 Å². The largest absolute Gasteiger partial charge is 0.497 e. The fraction of sp³-hybridized carbons (Fsp3) is 0.318. The number of nitrogens with zero attached hydrogens (tertiary/aromatic N) is 1. The van der Waals surface area contributed by atoms with Crippen LogP contribution in [0.3, 0.4) is 0 Å². The van der Waals surface area contributed by atoms with Crippen LogP contribution in [-0.2, 0) is 0 Å². The molecule has 1 aliphatic rings. The summed E-state index contributed by atoms with van der Waals surface area (Å²) in [7, 11) is 1.57. The summed E-state index contributed by atoms with van der Waals surface area (Å²) in [5.74, 6) is 0.611. The Hall–Kier alpha value is -2.45. The molecule has 0 spiro atoms. The van der Waals surface area contributed by atoms with Crippen molar-refractivity contribution < 1.29 is 14.3 Å². The van der Waals surface area contributed by atoms with Crippen LogP contribution >= 0.6 is 28.1 Å². The first-order valence-electron chi connectivity index (χ1n) is 9.80. The Bertz CT molecular complexity index is 912. The lowest BCUT2D eigenvalue weighted by Gasteiger charge is -2.23. The molecule has 0 unspecified atom stereocenters. The van der Waals surface area contributed by atoms with Gasteiger partial charge in [-0.1, -0.05) is 35.2 Å². The van der Waals surface area contributed by atoms with Crippen molar-refractivity contribution in [3.63, 3.8) is 0 Å². The lowest BCUT2D eigenvalue weighted by Crippen LogP contribution is -2.40. The van der Waals surface area contributed by atoms with Gasteiger partial charge in [0.05, 0.1) is 18.9 Å². The molecule has 0 saturated heterocycles. The van der Waals surface area contributed by atoms with Gasteiger partial charge in [-0.2, -0.15) is 5.10 Å². The molecule has 0 aromatic heterocycles. The summed E-state index contributed by atoms with van der Waals surface area (Å²) >= 11 is 8.76. The number of ether oxygens (including phenoxy) is 2. The predicted octanol–water partition coefficient (Wildman–Crippen LogP) is 4.81. The molecular formula is C22H24BrN3O3S. The van der Waals surface area contributed by atoms with E-state index in [0.29, 0.717) is 33.8 Å². The van der Waals surface area contributed by atoms with Gasteiger partial charge in [0.15, 0.2) is 5.11 Å². The molecule has 1 saturated carbocycles. The quantitative estimate of drug-likeness (QED) is 0.199. The van der Waals surface area contributed by atoms with Gasteiger partial charge in [0.1, 0.15) is 11.5 Å². The molecule has 0 heterocycles. The standard InChI is InChI=1S/C22H24BrN3O3S/c1-28-19-10-7-15(8-11-19)21(27)29-20-12-9-17(23)13-16(20)14-24-26-22(30)25-18-5-3-2-4-6-18/h7-14,18H,2-6H2,1H3,(H2,25,26,30). The molecule has 30 heavy (non-hydrogen) atoms. The maximum Gasteiger partial charge on any atom is 0.343 e. The first kappa shape index (κ1) is 22.2. The molecule has 1 aliphatic carbocycles. The monoisotopic (exact) mass is 489 g/mol. The van der Waals surface area contributed by atoms with Crippen LogP contribution in [0.4, 0.5) is 0 Å². The topological polar surface area (TPSA) is 72.0 Å². The van der Waals surface area contributed by atoms with Gasteiger partial charge in [-0.3, -0.25) is 5.43 Å². The third-order valence-electron chi connectivity index (χ3n) is 4.81. The zero-order valence-electron chi connectivity index (χ0n) is 16.7. The van der Waals surface area contributed by atoms with Gasteiger partial charge in [-0.05, 0) is 67.5 Å². The molecule has 2 aromatic rings. The Kier molecular flexibility index (Phi) is 8.21. The van der Waals surface area contributed by atoms with E-state index in [1.165, 1.54) is 19.3 Å². The summed E-state index contributed by atoms with van der Waals surface area (Å²) in [6.45, 7) is 0. The minimum absolute atomic E-state index is 0.399. The molecule has 2 aromatic carbocycles. The van der Waals surface area contributed by atoms with Crippen molar-refractivity contribution in [2.45, 2.75) is 38.1 Å². The van der Waals surface area contributed by atoms with Crippen molar-refractivity contribution in [3.8, 4) is 11.5 Å². The number of carbonyl (C=O) groups excluding carboxylic acids is 1. The van der Waals surface area contributed by atoms with E-state index in [-0.39, 0.29) is 0 Å². The molecule has 0 atom stereocenters. The zero-order valence-corrected chi connectivity index (χ0v) is 19.1. The maximum atomic E-state index is 12.5. The molecule has 1 fully saturated rings. The number of halogens is 1. The second-order valence-corrected chi connectivity index (χ2v) is 8.30. The number of hydrogen-bond donors (Lipinski definition) is 2. The molecule has 0 aliphatic heterocycles. The molecule has 2 N–H and O–H groups in total. The van der Waals surface area contributed by atoms with Gasteiger partial charge in [0.25, 0.3) is 0 Å². The highest BCUT2D eigenvalue weighted by Crippen LogP contribution is 2.23. The van der Waals surface area contributed by atoms with E-state index in [9.17, 15) is 4.79 Å². The van der Waals surface area contributed by atoms with E-state index in [2.05, 4.69) is 31.8 Å². The van der Waals surface area contributed by atoms with Gasteiger partial charge in [-0.25, -0.2) is 4.79 Å². The van der Waals surface area contributed by atoms with Crippen LogP contribution in [0, 0.1) is 0 Å². The number of methoxy groups -OCH3 is 1. The van der Waals surface area contributed by atoms with Crippen LogP contribution in [0.15, 0.2) is 52.0 Å². The lowest BCUT2D eigenvalue weighted by molar-refractivity contribution is 0.0734. The average molecular weight is 490 g/mol. The third-order valence-corrected chi connectivity index (χ3v) is 5.51. The zero-order chi connectivity index (χ0) is 21.3. The molecule has 0 amide bonds. The van der Waals surface area contributed by atoms with E-state index in [1.54, 1.807) is 49.7 Å². The number of hydrazone groups is 1.